The summed E-state index contributed by atoms with van der Waals surface area (Å²) in [5, 5.41) is 9.22. The lowest BCUT2D eigenvalue weighted by atomic mass is 10.1. The fourth-order valence-electron chi connectivity index (χ4n) is 2.12. The normalized spacial score (nSPS) is 19.3. The lowest BCUT2D eigenvalue weighted by Crippen LogP contribution is -2.27. The number of amides is 1. The molecule has 1 amide bonds. The highest BCUT2D eigenvalue weighted by Gasteiger charge is 2.32. The molecule has 2 rings (SSSR count). The van der Waals surface area contributed by atoms with Gasteiger partial charge in [-0.15, -0.1) is 0 Å². The average Bonchev–Trinajstić information content (AvgIpc) is 2.69. The van der Waals surface area contributed by atoms with Crippen molar-refractivity contribution in [2.24, 2.45) is 11.7 Å². The van der Waals surface area contributed by atoms with E-state index in [1.165, 1.54) is 4.90 Å². The van der Waals surface area contributed by atoms with Crippen molar-refractivity contribution in [3.63, 3.8) is 0 Å². The van der Waals surface area contributed by atoms with E-state index in [2.05, 4.69) is 15.9 Å². The summed E-state index contributed by atoms with van der Waals surface area (Å²) >= 11 is 3.20. The summed E-state index contributed by atoms with van der Waals surface area (Å²) in [5.41, 5.74) is 6.10. The summed E-state index contributed by atoms with van der Waals surface area (Å²) in [6.07, 6.45) is 0.377. The maximum absolute atomic E-state index is 11.9. The van der Waals surface area contributed by atoms with Crippen LogP contribution in [0.25, 0.3) is 0 Å². The molecule has 1 aliphatic rings. The van der Waals surface area contributed by atoms with Gasteiger partial charge in [-0.3, -0.25) is 4.79 Å². The second kappa shape index (κ2) is 5.07. The Morgan fingerprint density at radius 2 is 2.28 bits per heavy atom. The smallest absolute Gasteiger partial charge is 0.338 e. The Balaban J connectivity index is 2.43. The predicted octanol–water partition coefficient (Wildman–Crippen LogP) is 1.46. The zero-order chi connectivity index (χ0) is 13.3. The van der Waals surface area contributed by atoms with Crippen molar-refractivity contribution in [3.05, 3.63) is 28.2 Å². The first-order chi connectivity index (χ1) is 8.54. The minimum atomic E-state index is -1.05. The number of carbonyl (C=O) groups is 2. The van der Waals surface area contributed by atoms with Gasteiger partial charge < -0.3 is 15.7 Å². The van der Waals surface area contributed by atoms with Crippen LogP contribution in [0.2, 0.25) is 0 Å². The molecule has 3 N–H and O–H groups in total. The maximum Gasteiger partial charge on any atom is 0.338 e. The highest BCUT2D eigenvalue weighted by Crippen LogP contribution is 2.32. The number of benzene rings is 1. The topological polar surface area (TPSA) is 83.6 Å². The summed E-state index contributed by atoms with van der Waals surface area (Å²) < 4.78 is 0.469. The number of aromatic carboxylic acids is 1. The zero-order valence-electron chi connectivity index (χ0n) is 9.60. The van der Waals surface area contributed by atoms with Crippen LogP contribution in [0, 0.1) is 5.92 Å². The van der Waals surface area contributed by atoms with E-state index in [0.29, 0.717) is 29.7 Å². The number of rotatable bonds is 3. The number of carboxylic acid groups (broad SMARTS) is 1. The molecule has 0 radical (unpaired) electrons. The molecule has 1 heterocycles. The molecular weight excluding hydrogens is 300 g/mol. The first-order valence-corrected chi connectivity index (χ1v) is 6.36. The van der Waals surface area contributed by atoms with Crippen LogP contribution in [0.3, 0.4) is 0 Å². The molecule has 18 heavy (non-hydrogen) atoms. The zero-order valence-corrected chi connectivity index (χ0v) is 11.2. The molecule has 1 atom stereocenters. The van der Waals surface area contributed by atoms with Gasteiger partial charge in [0.25, 0.3) is 0 Å². The molecule has 6 heteroatoms. The average molecular weight is 313 g/mol. The molecule has 96 valence electrons. The molecule has 1 aromatic rings. The standard InChI is InChI=1S/C12H13BrN2O3/c13-8-2-1-3-9(11(8)12(17)18)15-6-7(5-14)4-10(15)16/h1-3,7H,4-6,14H2,(H,17,18). The molecule has 5 nitrogen and oxygen atoms in total. The van der Waals surface area contributed by atoms with Crippen molar-refractivity contribution < 1.29 is 14.7 Å². The fraction of sp³-hybridized carbons (Fsp3) is 0.333. The van der Waals surface area contributed by atoms with Crippen LogP contribution < -0.4 is 10.6 Å². The molecule has 1 fully saturated rings. The van der Waals surface area contributed by atoms with Gasteiger partial charge in [0.1, 0.15) is 0 Å². The van der Waals surface area contributed by atoms with Gasteiger partial charge in [-0.2, -0.15) is 0 Å². The number of hydrogen-bond donors (Lipinski definition) is 2. The van der Waals surface area contributed by atoms with Gasteiger partial charge in [-0.1, -0.05) is 6.07 Å². The number of nitrogens with zero attached hydrogens (tertiary/aromatic N) is 1. The summed E-state index contributed by atoms with van der Waals surface area (Å²) in [4.78, 5) is 24.7. The number of anilines is 1. The van der Waals surface area contributed by atoms with Crippen molar-refractivity contribution in [1.82, 2.24) is 0 Å². The summed E-state index contributed by atoms with van der Waals surface area (Å²) in [6.45, 7) is 0.907. The molecule has 0 aliphatic carbocycles. The Hall–Kier alpha value is -1.40. The number of hydrogen-bond acceptors (Lipinski definition) is 3. The fourth-order valence-corrected chi connectivity index (χ4v) is 2.65. The van der Waals surface area contributed by atoms with E-state index < -0.39 is 5.97 Å². The van der Waals surface area contributed by atoms with E-state index in [-0.39, 0.29) is 17.4 Å². The van der Waals surface area contributed by atoms with Crippen LogP contribution in [0.4, 0.5) is 5.69 Å². The minimum Gasteiger partial charge on any atom is -0.478 e. The van der Waals surface area contributed by atoms with Gasteiger partial charge in [-0.05, 0) is 40.5 Å². The highest BCUT2D eigenvalue weighted by atomic mass is 79.9. The second-order valence-electron chi connectivity index (χ2n) is 4.25. The Morgan fingerprint density at radius 1 is 1.56 bits per heavy atom. The largest absolute Gasteiger partial charge is 0.478 e. The lowest BCUT2D eigenvalue weighted by Gasteiger charge is -2.19. The van der Waals surface area contributed by atoms with E-state index in [1.54, 1.807) is 18.2 Å². The van der Waals surface area contributed by atoms with Gasteiger partial charge in [0.2, 0.25) is 5.91 Å². The van der Waals surface area contributed by atoms with E-state index in [0.717, 1.165) is 0 Å². The SMILES string of the molecule is NCC1CC(=O)N(c2cccc(Br)c2C(=O)O)C1. The third kappa shape index (κ3) is 2.26. The van der Waals surface area contributed by atoms with Gasteiger partial charge in [-0.25, -0.2) is 4.79 Å². The van der Waals surface area contributed by atoms with Gasteiger partial charge in [0.05, 0.1) is 11.3 Å². The quantitative estimate of drug-likeness (QED) is 0.885. The number of nitrogens with two attached hydrogens (primary N) is 1. The first kappa shape index (κ1) is 13.0. The Labute approximate surface area is 113 Å². The van der Waals surface area contributed by atoms with Crippen LogP contribution in [0.15, 0.2) is 22.7 Å². The van der Waals surface area contributed by atoms with Crippen LogP contribution in [-0.4, -0.2) is 30.1 Å². The molecule has 1 unspecified atom stereocenters. The van der Waals surface area contributed by atoms with E-state index in [1.807, 2.05) is 0 Å². The van der Waals surface area contributed by atoms with Crippen molar-refractivity contribution in [1.29, 1.82) is 0 Å². The second-order valence-corrected chi connectivity index (χ2v) is 5.10. The van der Waals surface area contributed by atoms with Crippen molar-refractivity contribution in [3.8, 4) is 0 Å². The van der Waals surface area contributed by atoms with E-state index in [4.69, 9.17) is 5.73 Å². The predicted molar refractivity (Wildman–Crippen MR) is 70.6 cm³/mol. The monoisotopic (exact) mass is 312 g/mol. The molecule has 1 aromatic carbocycles. The molecule has 1 aliphatic heterocycles. The van der Waals surface area contributed by atoms with Crippen molar-refractivity contribution >= 4 is 33.5 Å². The number of carbonyl (C=O) groups excluding carboxylic acids is 1. The summed E-state index contributed by atoms with van der Waals surface area (Å²) in [7, 11) is 0. The Bertz CT molecular complexity index is 504. The third-order valence-electron chi connectivity index (χ3n) is 3.03. The van der Waals surface area contributed by atoms with Gasteiger partial charge >= 0.3 is 5.97 Å². The van der Waals surface area contributed by atoms with Crippen LogP contribution >= 0.6 is 15.9 Å². The number of carboxylic acids is 1. The van der Waals surface area contributed by atoms with Crippen molar-refractivity contribution in [2.75, 3.05) is 18.0 Å². The Kier molecular flexibility index (Phi) is 3.68. The first-order valence-electron chi connectivity index (χ1n) is 5.56. The minimum absolute atomic E-state index is 0.0777. The van der Waals surface area contributed by atoms with Crippen LogP contribution in [0.5, 0.6) is 0 Å². The van der Waals surface area contributed by atoms with Gasteiger partial charge in [0.15, 0.2) is 0 Å². The highest BCUT2D eigenvalue weighted by molar-refractivity contribution is 9.10. The third-order valence-corrected chi connectivity index (χ3v) is 3.70. The van der Waals surface area contributed by atoms with Crippen molar-refractivity contribution in [2.45, 2.75) is 6.42 Å². The van der Waals surface area contributed by atoms with Gasteiger partial charge in [0, 0.05) is 17.4 Å². The molecule has 0 saturated carbocycles. The Morgan fingerprint density at radius 3 is 2.83 bits per heavy atom. The number of halogens is 1. The van der Waals surface area contributed by atoms with Crippen LogP contribution in [0.1, 0.15) is 16.8 Å². The van der Waals surface area contributed by atoms with E-state index in [9.17, 15) is 14.7 Å². The summed E-state index contributed by atoms with van der Waals surface area (Å²) in [6, 6.07) is 5.01. The maximum atomic E-state index is 11.9. The molecule has 1 saturated heterocycles. The van der Waals surface area contributed by atoms with E-state index >= 15 is 0 Å². The molecular formula is C12H13BrN2O3. The molecule has 0 spiro atoms. The molecule has 0 aromatic heterocycles. The lowest BCUT2D eigenvalue weighted by molar-refractivity contribution is -0.117. The van der Waals surface area contributed by atoms with Crippen LogP contribution in [-0.2, 0) is 4.79 Å². The molecule has 0 bridgehead atoms. The summed E-state index contributed by atoms with van der Waals surface area (Å²) in [5.74, 6) is -1.04.